The van der Waals surface area contributed by atoms with Crippen LogP contribution in [-0.2, 0) is 0 Å². The summed E-state index contributed by atoms with van der Waals surface area (Å²) in [6.07, 6.45) is 0. The largest absolute Gasteiger partial charge is 0.456 e. The van der Waals surface area contributed by atoms with E-state index in [1.54, 1.807) is 0 Å². The number of benzene rings is 10. The third-order valence-electron chi connectivity index (χ3n) is 12.5. The van der Waals surface area contributed by atoms with E-state index in [4.69, 9.17) is 48.1 Å². The third kappa shape index (κ3) is 5.17. The van der Waals surface area contributed by atoms with Gasteiger partial charge in [-0.2, -0.15) is 0 Å². The highest BCUT2D eigenvalue weighted by atomic mass is 16.3. The fourth-order valence-corrected chi connectivity index (χ4v) is 9.77. The van der Waals surface area contributed by atoms with Crippen LogP contribution < -0.4 is 27.3 Å². The van der Waals surface area contributed by atoms with Crippen molar-refractivity contribution in [2.75, 3.05) is 0 Å². The fourth-order valence-electron chi connectivity index (χ4n) is 9.77. The van der Waals surface area contributed by atoms with Gasteiger partial charge in [0.1, 0.15) is 61.6 Å². The molecular weight excluding hydrogens is 735 g/mol. The van der Waals surface area contributed by atoms with Crippen LogP contribution in [0.2, 0.25) is 0 Å². The number of para-hydroxylation sites is 3. The number of hydrogen-bond acceptors (Lipinski definition) is 2. The Bertz CT molecular complexity index is 3750. The number of furan rings is 2. The van der Waals surface area contributed by atoms with E-state index in [1.807, 2.05) is 36.4 Å². The molecule has 270 valence electrons. The van der Waals surface area contributed by atoms with Gasteiger partial charge in [0.05, 0.1) is 0 Å². The Morgan fingerprint density at radius 2 is 0.820 bits per heavy atom. The van der Waals surface area contributed by atoms with Crippen LogP contribution in [0.25, 0.3) is 121 Å². The van der Waals surface area contributed by atoms with Crippen molar-refractivity contribution in [2.24, 2.45) is 0 Å². The maximum absolute atomic E-state index is 6.81. The molecule has 0 N–H and O–H groups in total. The van der Waals surface area contributed by atoms with E-state index >= 15 is 0 Å². The average molecular weight is 762 g/mol. The van der Waals surface area contributed by atoms with Gasteiger partial charge in [-0.05, 0) is 102 Å². The molecule has 0 amide bonds. The van der Waals surface area contributed by atoms with Crippen LogP contribution in [0.1, 0.15) is 0 Å². The molecule has 7 heteroatoms. The summed E-state index contributed by atoms with van der Waals surface area (Å²) in [6, 6.07) is 57.2. The minimum atomic E-state index is 0.184. The van der Waals surface area contributed by atoms with Crippen LogP contribution >= 0.6 is 0 Å². The topological polar surface area (TPSA) is 26.3 Å². The summed E-state index contributed by atoms with van der Waals surface area (Å²) in [5, 5.41) is 10.4. The predicted octanol–water partition coefficient (Wildman–Crippen LogP) is 9.58. The predicted molar refractivity (Wildman–Crippen MR) is 262 cm³/mol. The van der Waals surface area contributed by atoms with E-state index in [-0.39, 0.29) is 16.4 Å². The van der Waals surface area contributed by atoms with Gasteiger partial charge in [-0.15, -0.1) is 16.4 Å². The Balaban J connectivity index is 1.23. The molecule has 0 aliphatic heterocycles. The van der Waals surface area contributed by atoms with E-state index in [1.165, 1.54) is 0 Å². The summed E-state index contributed by atoms with van der Waals surface area (Å²) in [6.45, 7) is 0. The van der Waals surface area contributed by atoms with Gasteiger partial charge < -0.3 is 8.83 Å². The first-order valence-electron chi connectivity index (χ1n) is 20.2. The van der Waals surface area contributed by atoms with Crippen LogP contribution in [0.5, 0.6) is 0 Å². The minimum Gasteiger partial charge on any atom is -0.456 e. The fraction of sp³-hybridized carbons (Fsp3) is 0. The Morgan fingerprint density at radius 1 is 0.295 bits per heavy atom. The highest BCUT2D eigenvalue weighted by Crippen LogP contribution is 2.50. The van der Waals surface area contributed by atoms with Crippen molar-refractivity contribution in [1.82, 2.24) is 0 Å². The summed E-state index contributed by atoms with van der Waals surface area (Å²) < 4.78 is 13.3. The molecule has 2 nitrogen and oxygen atoms in total. The summed E-state index contributed by atoms with van der Waals surface area (Å²) in [7, 11) is 32.9. The number of hydrogen-bond donors (Lipinski definition) is 0. The second-order valence-electron chi connectivity index (χ2n) is 15.8. The molecule has 0 fully saturated rings. The molecule has 0 bridgehead atoms. The van der Waals surface area contributed by atoms with Gasteiger partial charge in [0.25, 0.3) is 0 Å². The lowest BCUT2D eigenvalue weighted by atomic mass is 9.59. The van der Waals surface area contributed by atoms with Gasteiger partial charge >= 0.3 is 0 Å². The molecule has 0 spiro atoms. The lowest BCUT2D eigenvalue weighted by Crippen LogP contribution is -2.55. The van der Waals surface area contributed by atoms with Gasteiger partial charge in [-0.25, -0.2) is 0 Å². The number of rotatable bonds is 4. The SMILES string of the molecule is [B]c1c([B])c([B])c(-c2c3ccccc3c(-c3cc(-c4c(-c5cccc6c5oc5ccccc56)ccc5oc6ccccc6c45)cc4ccccc34)c3ccccc23)c([B])c1[B]. The molecule has 0 saturated carbocycles. The van der Waals surface area contributed by atoms with Crippen molar-refractivity contribution in [3.8, 4) is 44.5 Å². The van der Waals surface area contributed by atoms with Crippen LogP contribution in [0.15, 0.2) is 173 Å². The molecule has 0 saturated heterocycles. The molecule has 2 aromatic heterocycles. The lowest BCUT2D eigenvalue weighted by molar-refractivity contribution is 0.668. The normalized spacial score (nSPS) is 11.9. The van der Waals surface area contributed by atoms with Gasteiger partial charge in [0, 0.05) is 32.7 Å². The summed E-state index contributed by atoms with van der Waals surface area (Å²) in [4.78, 5) is 0. The van der Waals surface area contributed by atoms with Crippen molar-refractivity contribution in [3.63, 3.8) is 0 Å². The third-order valence-corrected chi connectivity index (χ3v) is 12.5. The van der Waals surface area contributed by atoms with Crippen molar-refractivity contribution in [1.29, 1.82) is 0 Å². The lowest BCUT2D eigenvalue weighted by Gasteiger charge is -2.25. The molecule has 0 aliphatic carbocycles. The highest BCUT2D eigenvalue weighted by molar-refractivity contribution is 6.69. The Kier molecular flexibility index (Phi) is 7.90. The maximum Gasteiger partial charge on any atom is 0.143 e. The van der Waals surface area contributed by atoms with E-state index in [2.05, 4.69) is 127 Å². The highest BCUT2D eigenvalue weighted by Gasteiger charge is 2.25. The van der Waals surface area contributed by atoms with Crippen LogP contribution in [-0.4, -0.2) is 39.2 Å². The standard InChI is InChI=1S/C54H27B5O2/c55-49-48(50(56)52(58)53(59)51(49)57)46-34-17-5-3-15-32(34)45(33-16-4-6-18-35(33)46)40-27-29(26-28-12-1-2-13-30(28)40)44-36(24-25-43-47(44)39-19-8-10-23-42(39)60-43)38-21-11-20-37-31-14-7-9-22-41(31)61-54(37)38/h1-27H. The Morgan fingerprint density at radius 3 is 1.49 bits per heavy atom. The van der Waals surface area contributed by atoms with Crippen LogP contribution in [0.4, 0.5) is 0 Å². The molecule has 10 radical (unpaired) electrons. The zero-order chi connectivity index (χ0) is 41.1. The van der Waals surface area contributed by atoms with Gasteiger partial charge in [0.2, 0.25) is 0 Å². The second kappa shape index (κ2) is 13.5. The second-order valence-corrected chi connectivity index (χ2v) is 15.8. The van der Waals surface area contributed by atoms with Crippen molar-refractivity contribution < 1.29 is 8.83 Å². The zero-order valence-electron chi connectivity index (χ0n) is 32.8. The summed E-state index contributed by atoms with van der Waals surface area (Å²) in [5.74, 6) is 0. The van der Waals surface area contributed by atoms with E-state index in [0.29, 0.717) is 16.5 Å². The monoisotopic (exact) mass is 762 g/mol. The molecule has 12 aromatic rings. The molecule has 10 aromatic carbocycles. The Labute approximate surface area is 358 Å². The van der Waals surface area contributed by atoms with Gasteiger partial charge in [0.15, 0.2) is 0 Å². The first-order chi connectivity index (χ1) is 29.9. The number of fused-ring (bicyclic) bond motifs is 9. The van der Waals surface area contributed by atoms with Crippen LogP contribution in [0.3, 0.4) is 0 Å². The first-order valence-corrected chi connectivity index (χ1v) is 20.2. The molecule has 0 unspecified atom stereocenters. The molecule has 2 heterocycles. The van der Waals surface area contributed by atoms with Crippen molar-refractivity contribution in [2.45, 2.75) is 0 Å². The average Bonchev–Trinajstić information content (AvgIpc) is 3.88. The summed E-state index contributed by atoms with van der Waals surface area (Å²) in [5.41, 5.74) is 12.2. The van der Waals surface area contributed by atoms with E-state index < -0.39 is 0 Å². The van der Waals surface area contributed by atoms with E-state index in [9.17, 15) is 0 Å². The molecule has 12 rings (SSSR count). The maximum atomic E-state index is 6.81. The zero-order valence-corrected chi connectivity index (χ0v) is 32.8. The molecule has 0 aliphatic rings. The van der Waals surface area contributed by atoms with Gasteiger partial charge in [-0.1, -0.05) is 138 Å². The summed E-state index contributed by atoms with van der Waals surface area (Å²) >= 11 is 0. The van der Waals surface area contributed by atoms with E-state index in [0.717, 1.165) is 115 Å². The molecule has 61 heavy (non-hydrogen) atoms. The van der Waals surface area contributed by atoms with Crippen molar-refractivity contribution in [3.05, 3.63) is 164 Å². The van der Waals surface area contributed by atoms with Gasteiger partial charge in [-0.3, -0.25) is 0 Å². The smallest absolute Gasteiger partial charge is 0.143 e. The molecule has 0 atom stereocenters. The van der Waals surface area contributed by atoms with Crippen molar-refractivity contribution >= 4 is 143 Å². The first kappa shape index (κ1) is 35.8. The Hall–Kier alpha value is -7.10. The molecular formula is C54H27B5O2. The quantitative estimate of drug-likeness (QED) is 0.132. The minimum absolute atomic E-state index is 0.184. The van der Waals surface area contributed by atoms with Crippen LogP contribution in [0, 0.1) is 0 Å².